The minimum Gasteiger partial charge on any atom is -0.489 e. The Kier molecular flexibility index (Phi) is 13.7. The second kappa shape index (κ2) is 19.2. The molecule has 0 saturated carbocycles. The maximum Gasteiger partial charge on any atom is 0.335 e. The molecule has 0 aliphatic rings. The molecule has 2 heterocycles. The minimum atomic E-state index is -1.03. The Bertz CT molecular complexity index is 2450. The van der Waals surface area contributed by atoms with E-state index in [-0.39, 0.29) is 70.9 Å². The van der Waals surface area contributed by atoms with E-state index in [1.54, 1.807) is 72.8 Å². The number of rotatable bonds is 15. The fourth-order valence-corrected chi connectivity index (χ4v) is 6.20. The van der Waals surface area contributed by atoms with Crippen LogP contribution >= 0.6 is 0 Å². The van der Waals surface area contributed by atoms with Gasteiger partial charge in [0.2, 0.25) is 25.0 Å². The number of nitrogens with zero attached hydrogens (tertiary/aromatic N) is 6. The summed E-state index contributed by atoms with van der Waals surface area (Å²) in [5.74, 6) is -2.73. The molecule has 6 rings (SSSR count). The summed E-state index contributed by atoms with van der Waals surface area (Å²) in [4.78, 5) is 48.3. The standard InChI is InChI=1S/C20H20N6O5.C19H19FN6O3/c21-17-16(18(22)25-20(23)24-17)14(9-26(29)30)13-3-1-2-4-15(13)31-10-11-5-7-12(8-6-11)19(27)28;20-12-7-5-11(6-8-12)10-29-15-4-2-1-3-13(15)14(9-26(27)28)16-17(21)24-19(23)25-18(16)22/h1-8,14H,9-10H2,(H,27,28)(H6,21,22,23,24,25);1-8,14H,9-10H2,(H6,21,22,23,24,25). The smallest absolute Gasteiger partial charge is 0.335 e. The van der Waals surface area contributed by atoms with Crippen molar-refractivity contribution < 1.29 is 33.6 Å². The zero-order valence-corrected chi connectivity index (χ0v) is 31.6. The molecule has 2 atom stereocenters. The number of carboxylic acids is 1. The van der Waals surface area contributed by atoms with Gasteiger partial charge >= 0.3 is 5.97 Å². The number of aromatic nitrogens is 4. The molecule has 0 radical (unpaired) electrons. The average Bonchev–Trinajstić information content (AvgIpc) is 3.19. The van der Waals surface area contributed by atoms with Gasteiger partial charge in [-0.15, -0.1) is 0 Å². The Labute approximate surface area is 340 Å². The molecule has 6 aromatic rings. The van der Waals surface area contributed by atoms with E-state index in [1.165, 1.54) is 24.3 Å². The highest BCUT2D eigenvalue weighted by Gasteiger charge is 2.31. The van der Waals surface area contributed by atoms with Gasteiger partial charge in [0.05, 0.1) is 28.5 Å². The molecule has 4 aromatic carbocycles. The molecular weight excluding hydrogens is 784 g/mol. The van der Waals surface area contributed by atoms with E-state index in [4.69, 9.17) is 49.0 Å². The SMILES string of the molecule is Nc1nc(N)c(C(C[N+](=O)[O-])c2ccccc2OCc2ccc(C(=O)O)cc2)c(N)n1.Nc1nc(N)c(C(C[N+](=O)[O-])c2ccccc2OCc2ccc(F)cc2)c(N)n1. The number of aromatic carboxylic acids is 1. The second-order valence-corrected chi connectivity index (χ2v) is 12.9. The Morgan fingerprint density at radius 1 is 0.600 bits per heavy atom. The highest BCUT2D eigenvalue weighted by molar-refractivity contribution is 5.87. The summed E-state index contributed by atoms with van der Waals surface area (Å²) >= 11 is 0. The summed E-state index contributed by atoms with van der Waals surface area (Å²) in [6, 6.07) is 25.6. The molecule has 0 amide bonds. The Balaban J connectivity index is 0.000000228. The summed E-state index contributed by atoms with van der Waals surface area (Å²) in [6.07, 6.45) is 0. The first kappa shape index (κ1) is 42.8. The van der Waals surface area contributed by atoms with E-state index in [0.29, 0.717) is 22.6 Å². The number of benzene rings is 4. The van der Waals surface area contributed by atoms with Crippen molar-refractivity contribution in [1.29, 1.82) is 0 Å². The summed E-state index contributed by atoms with van der Waals surface area (Å²) < 4.78 is 24.8. The Hall–Kier alpha value is -8.36. The van der Waals surface area contributed by atoms with Crippen LogP contribution in [-0.2, 0) is 13.2 Å². The molecule has 13 N–H and O–H groups in total. The van der Waals surface area contributed by atoms with Crippen LogP contribution in [0.1, 0.15) is 55.6 Å². The lowest BCUT2D eigenvalue weighted by atomic mass is 9.91. The zero-order chi connectivity index (χ0) is 43.5. The van der Waals surface area contributed by atoms with Crippen LogP contribution in [0.15, 0.2) is 97.1 Å². The van der Waals surface area contributed by atoms with Gasteiger partial charge in [-0.1, -0.05) is 60.7 Å². The zero-order valence-electron chi connectivity index (χ0n) is 31.6. The Morgan fingerprint density at radius 2 is 0.950 bits per heavy atom. The van der Waals surface area contributed by atoms with Crippen LogP contribution in [0.4, 0.5) is 39.6 Å². The lowest BCUT2D eigenvalue weighted by molar-refractivity contribution is -0.481. The number of anilines is 6. The van der Waals surface area contributed by atoms with Crippen LogP contribution in [0.2, 0.25) is 0 Å². The van der Waals surface area contributed by atoms with Crippen LogP contribution in [-0.4, -0.2) is 53.9 Å². The molecule has 0 aliphatic heterocycles. The monoisotopic (exact) mass is 822 g/mol. The molecule has 60 heavy (non-hydrogen) atoms. The van der Waals surface area contributed by atoms with Gasteiger partial charge in [-0.3, -0.25) is 20.2 Å². The number of para-hydroxylation sites is 2. The number of hydrogen-bond acceptors (Lipinski definition) is 17. The number of ether oxygens (including phenoxy) is 2. The molecule has 2 aromatic heterocycles. The molecule has 21 heteroatoms. The van der Waals surface area contributed by atoms with Crippen molar-refractivity contribution >= 4 is 41.1 Å². The largest absolute Gasteiger partial charge is 0.489 e. The van der Waals surface area contributed by atoms with Crippen molar-refractivity contribution in [3.63, 3.8) is 0 Å². The number of carboxylic acid groups (broad SMARTS) is 1. The molecule has 20 nitrogen and oxygen atoms in total. The van der Waals surface area contributed by atoms with Crippen LogP contribution in [0.5, 0.6) is 11.5 Å². The minimum absolute atomic E-state index is 0.0322. The van der Waals surface area contributed by atoms with Crippen LogP contribution in [0.25, 0.3) is 0 Å². The third-order valence-electron chi connectivity index (χ3n) is 8.90. The van der Waals surface area contributed by atoms with Gasteiger partial charge in [0.1, 0.15) is 53.8 Å². The van der Waals surface area contributed by atoms with E-state index in [9.17, 15) is 29.4 Å². The maximum atomic E-state index is 13.1. The van der Waals surface area contributed by atoms with Crippen molar-refractivity contribution in [1.82, 2.24) is 19.9 Å². The Morgan fingerprint density at radius 3 is 1.30 bits per heavy atom. The lowest BCUT2D eigenvalue weighted by Crippen LogP contribution is -2.20. The van der Waals surface area contributed by atoms with Gasteiger partial charge in [-0.2, -0.15) is 19.9 Å². The van der Waals surface area contributed by atoms with Gasteiger partial charge in [0.15, 0.2) is 0 Å². The van der Waals surface area contributed by atoms with Crippen molar-refractivity contribution in [2.24, 2.45) is 0 Å². The summed E-state index contributed by atoms with van der Waals surface area (Å²) in [6.45, 7) is -0.759. The maximum absolute atomic E-state index is 13.1. The molecule has 0 aliphatic carbocycles. The lowest BCUT2D eigenvalue weighted by Gasteiger charge is -2.20. The topological polar surface area (TPSA) is 350 Å². The number of halogens is 1. The van der Waals surface area contributed by atoms with Crippen molar-refractivity contribution in [3.05, 3.63) is 162 Å². The number of nitrogen functional groups attached to an aromatic ring is 6. The first-order chi connectivity index (χ1) is 28.6. The molecule has 0 spiro atoms. The highest BCUT2D eigenvalue weighted by Crippen LogP contribution is 2.39. The fraction of sp³-hybridized carbons (Fsp3) is 0.154. The van der Waals surface area contributed by atoms with Crippen LogP contribution < -0.4 is 43.9 Å². The van der Waals surface area contributed by atoms with Gasteiger partial charge in [0.25, 0.3) is 0 Å². The van der Waals surface area contributed by atoms with Gasteiger partial charge in [-0.25, -0.2) is 9.18 Å². The molecule has 0 fully saturated rings. The first-order valence-corrected chi connectivity index (χ1v) is 17.7. The quantitative estimate of drug-likeness (QED) is 0.0562. The van der Waals surface area contributed by atoms with Crippen molar-refractivity contribution in [2.75, 3.05) is 47.5 Å². The van der Waals surface area contributed by atoms with Crippen molar-refractivity contribution in [2.45, 2.75) is 25.0 Å². The van der Waals surface area contributed by atoms with Gasteiger partial charge in [0, 0.05) is 21.0 Å². The summed E-state index contributed by atoms with van der Waals surface area (Å²) in [5.41, 5.74) is 38.0. The van der Waals surface area contributed by atoms with Gasteiger partial charge in [-0.05, 0) is 47.5 Å². The summed E-state index contributed by atoms with van der Waals surface area (Å²) in [7, 11) is 0. The fourth-order valence-electron chi connectivity index (χ4n) is 6.20. The van der Waals surface area contributed by atoms with E-state index in [0.717, 1.165) is 11.1 Å². The third kappa shape index (κ3) is 10.9. The van der Waals surface area contributed by atoms with E-state index < -0.39 is 40.7 Å². The number of nitrogens with two attached hydrogens (primary N) is 6. The molecular formula is C39H39FN12O8. The average molecular weight is 823 g/mol. The second-order valence-electron chi connectivity index (χ2n) is 12.9. The predicted molar refractivity (Wildman–Crippen MR) is 219 cm³/mol. The van der Waals surface area contributed by atoms with Crippen LogP contribution in [0, 0.1) is 26.0 Å². The molecule has 0 bridgehead atoms. The van der Waals surface area contributed by atoms with Crippen LogP contribution in [0.3, 0.4) is 0 Å². The van der Waals surface area contributed by atoms with Crippen molar-refractivity contribution in [3.8, 4) is 11.5 Å². The third-order valence-corrected chi connectivity index (χ3v) is 8.90. The highest BCUT2D eigenvalue weighted by atomic mass is 19.1. The van der Waals surface area contributed by atoms with E-state index in [2.05, 4.69) is 19.9 Å². The molecule has 0 saturated heterocycles. The van der Waals surface area contributed by atoms with E-state index in [1.807, 2.05) is 0 Å². The number of hydrogen-bond donors (Lipinski definition) is 7. The molecule has 310 valence electrons. The van der Waals surface area contributed by atoms with E-state index >= 15 is 0 Å². The van der Waals surface area contributed by atoms with Gasteiger partial charge < -0.3 is 49.0 Å². The normalized spacial score (nSPS) is 11.7. The molecule has 2 unspecified atom stereocenters. The number of carbonyl (C=O) groups is 1. The summed E-state index contributed by atoms with van der Waals surface area (Å²) in [5, 5.41) is 31.7. The predicted octanol–water partition coefficient (Wildman–Crippen LogP) is 4.26. The first-order valence-electron chi connectivity index (χ1n) is 17.7. The number of nitro groups is 2.